The molecule has 1 N–H and O–H groups in total. The maximum Gasteiger partial charge on any atom is 0.327 e. The number of ether oxygens (including phenoxy) is 2. The highest BCUT2D eigenvalue weighted by molar-refractivity contribution is 5.99. The van der Waals surface area contributed by atoms with Crippen molar-refractivity contribution in [1.29, 1.82) is 0 Å². The third-order valence-corrected chi connectivity index (χ3v) is 3.71. The molecule has 0 radical (unpaired) electrons. The average Bonchev–Trinajstić information content (AvgIpc) is 2.57. The Morgan fingerprint density at radius 3 is 2.22 bits per heavy atom. The summed E-state index contributed by atoms with van der Waals surface area (Å²) in [5, 5.41) is 2.68. The van der Waals surface area contributed by atoms with Crippen LogP contribution < -0.4 is 14.8 Å². The molecular formula is C15H19N3O5. The molecular weight excluding hydrogens is 302 g/mol. The van der Waals surface area contributed by atoms with Gasteiger partial charge in [-0.25, -0.2) is 4.79 Å². The zero-order valence-corrected chi connectivity index (χ0v) is 13.5. The lowest BCUT2D eigenvalue weighted by Crippen LogP contribution is -2.59. The Balaban J connectivity index is 2.18. The van der Waals surface area contributed by atoms with Gasteiger partial charge < -0.3 is 19.7 Å². The molecule has 0 bridgehead atoms. The van der Waals surface area contributed by atoms with Crippen molar-refractivity contribution in [3.8, 4) is 11.5 Å². The molecule has 23 heavy (non-hydrogen) atoms. The maximum absolute atomic E-state index is 12.4. The SMILES string of the molecule is COc1cc(OC)cc(C(=O)NC2CC(=O)N(C)C(=O)N2C)c1. The van der Waals surface area contributed by atoms with Gasteiger partial charge in [-0.15, -0.1) is 0 Å². The van der Waals surface area contributed by atoms with Crippen LogP contribution >= 0.6 is 0 Å². The molecule has 8 heteroatoms. The molecule has 0 spiro atoms. The van der Waals surface area contributed by atoms with E-state index in [0.29, 0.717) is 17.1 Å². The first-order chi connectivity index (χ1) is 10.9. The minimum atomic E-state index is -0.698. The Labute approximate surface area is 133 Å². The summed E-state index contributed by atoms with van der Waals surface area (Å²) in [5.74, 6) is 0.169. The molecule has 1 atom stereocenters. The van der Waals surface area contributed by atoms with E-state index in [2.05, 4.69) is 5.32 Å². The minimum Gasteiger partial charge on any atom is -0.497 e. The highest BCUT2D eigenvalue weighted by atomic mass is 16.5. The number of imide groups is 1. The minimum absolute atomic E-state index is 0.0194. The lowest BCUT2D eigenvalue weighted by molar-refractivity contribution is -0.131. The van der Waals surface area contributed by atoms with Gasteiger partial charge in [0.15, 0.2) is 0 Å². The molecule has 1 aromatic carbocycles. The molecule has 1 heterocycles. The van der Waals surface area contributed by atoms with Gasteiger partial charge in [0.25, 0.3) is 5.91 Å². The summed E-state index contributed by atoms with van der Waals surface area (Å²) >= 11 is 0. The molecule has 2 rings (SSSR count). The van der Waals surface area contributed by atoms with Crippen molar-refractivity contribution in [2.24, 2.45) is 0 Å². The molecule has 1 fully saturated rings. The molecule has 8 nitrogen and oxygen atoms in total. The Morgan fingerprint density at radius 1 is 1.13 bits per heavy atom. The first kappa shape index (κ1) is 16.6. The Hall–Kier alpha value is -2.77. The zero-order chi connectivity index (χ0) is 17.1. The van der Waals surface area contributed by atoms with Crippen molar-refractivity contribution in [2.75, 3.05) is 28.3 Å². The summed E-state index contributed by atoms with van der Waals surface area (Å²) in [6.45, 7) is 0. The second-order valence-electron chi connectivity index (χ2n) is 5.14. The summed E-state index contributed by atoms with van der Waals surface area (Å²) < 4.78 is 10.2. The van der Waals surface area contributed by atoms with Crippen LogP contribution in [-0.4, -0.2) is 62.1 Å². The van der Waals surface area contributed by atoms with E-state index < -0.39 is 18.1 Å². The van der Waals surface area contributed by atoms with E-state index >= 15 is 0 Å². The van der Waals surface area contributed by atoms with Gasteiger partial charge in [0, 0.05) is 25.7 Å². The lowest BCUT2D eigenvalue weighted by Gasteiger charge is -2.36. The summed E-state index contributed by atoms with van der Waals surface area (Å²) in [7, 11) is 5.91. The van der Waals surface area contributed by atoms with Crippen LogP contribution in [0.2, 0.25) is 0 Å². The molecule has 124 valence electrons. The average molecular weight is 321 g/mol. The fourth-order valence-corrected chi connectivity index (χ4v) is 2.24. The number of amides is 4. The summed E-state index contributed by atoms with van der Waals surface area (Å²) in [5.41, 5.74) is 0.313. The van der Waals surface area contributed by atoms with E-state index in [0.717, 1.165) is 4.90 Å². The number of carbonyl (C=O) groups excluding carboxylic acids is 3. The number of hydrogen-bond donors (Lipinski definition) is 1. The highest BCUT2D eigenvalue weighted by Gasteiger charge is 2.35. The number of carbonyl (C=O) groups is 3. The molecule has 1 saturated heterocycles. The first-order valence-electron chi connectivity index (χ1n) is 6.94. The largest absolute Gasteiger partial charge is 0.497 e. The fourth-order valence-electron chi connectivity index (χ4n) is 2.24. The van der Waals surface area contributed by atoms with Gasteiger partial charge >= 0.3 is 6.03 Å². The molecule has 4 amide bonds. The van der Waals surface area contributed by atoms with E-state index in [1.54, 1.807) is 18.2 Å². The van der Waals surface area contributed by atoms with Crippen molar-refractivity contribution < 1.29 is 23.9 Å². The van der Waals surface area contributed by atoms with Crippen LogP contribution in [0.25, 0.3) is 0 Å². The number of nitrogens with one attached hydrogen (secondary N) is 1. The Bertz CT molecular complexity index is 624. The topological polar surface area (TPSA) is 88.2 Å². The third kappa shape index (κ3) is 3.36. The van der Waals surface area contributed by atoms with E-state index in [-0.39, 0.29) is 12.3 Å². The smallest absolute Gasteiger partial charge is 0.327 e. The van der Waals surface area contributed by atoms with E-state index in [9.17, 15) is 14.4 Å². The van der Waals surface area contributed by atoms with E-state index in [4.69, 9.17) is 9.47 Å². The molecule has 1 aliphatic rings. The van der Waals surface area contributed by atoms with Gasteiger partial charge in [0.1, 0.15) is 17.7 Å². The van der Waals surface area contributed by atoms with Crippen molar-refractivity contribution in [3.63, 3.8) is 0 Å². The second kappa shape index (κ2) is 6.55. The van der Waals surface area contributed by atoms with Gasteiger partial charge in [-0.05, 0) is 12.1 Å². The van der Waals surface area contributed by atoms with Gasteiger partial charge in [0.05, 0.1) is 20.6 Å². The normalized spacial score (nSPS) is 18.0. The fraction of sp³-hybridized carbons (Fsp3) is 0.400. The summed E-state index contributed by atoms with van der Waals surface area (Å²) in [6, 6.07) is 4.29. The number of benzene rings is 1. The lowest BCUT2D eigenvalue weighted by atomic mass is 10.1. The third-order valence-electron chi connectivity index (χ3n) is 3.71. The van der Waals surface area contributed by atoms with Crippen LogP contribution in [0.15, 0.2) is 18.2 Å². The van der Waals surface area contributed by atoms with Crippen molar-refractivity contribution in [2.45, 2.75) is 12.6 Å². The number of methoxy groups -OCH3 is 2. The summed E-state index contributed by atoms with van der Waals surface area (Å²) in [6.07, 6.45) is -0.679. The molecule has 0 saturated carbocycles. The van der Waals surface area contributed by atoms with Crippen LogP contribution in [0, 0.1) is 0 Å². The molecule has 1 unspecified atom stereocenters. The standard InChI is InChI=1S/C15H19N3O5/c1-17-12(8-13(19)18(2)15(17)21)16-14(20)9-5-10(22-3)7-11(6-9)23-4/h5-7,12H,8H2,1-4H3,(H,16,20). The Kier molecular flexibility index (Phi) is 4.73. The monoisotopic (exact) mass is 321 g/mol. The zero-order valence-electron chi connectivity index (χ0n) is 13.5. The molecule has 1 aromatic rings. The van der Waals surface area contributed by atoms with Crippen molar-refractivity contribution in [3.05, 3.63) is 23.8 Å². The van der Waals surface area contributed by atoms with Crippen LogP contribution in [0.3, 0.4) is 0 Å². The summed E-state index contributed by atoms with van der Waals surface area (Å²) in [4.78, 5) is 38.4. The van der Waals surface area contributed by atoms with Crippen LogP contribution in [0.5, 0.6) is 11.5 Å². The highest BCUT2D eigenvalue weighted by Crippen LogP contribution is 2.23. The number of hydrogen-bond acceptors (Lipinski definition) is 5. The van der Waals surface area contributed by atoms with E-state index in [1.165, 1.54) is 33.2 Å². The predicted octanol–water partition coefficient (Wildman–Crippen LogP) is 0.674. The number of urea groups is 1. The molecule has 0 aliphatic carbocycles. The van der Waals surface area contributed by atoms with Crippen LogP contribution in [0.1, 0.15) is 16.8 Å². The predicted molar refractivity (Wildman–Crippen MR) is 81.3 cm³/mol. The molecule has 1 aliphatic heterocycles. The van der Waals surface area contributed by atoms with E-state index in [1.807, 2.05) is 0 Å². The Morgan fingerprint density at radius 2 is 1.70 bits per heavy atom. The van der Waals surface area contributed by atoms with Crippen LogP contribution in [0.4, 0.5) is 4.79 Å². The van der Waals surface area contributed by atoms with Gasteiger partial charge in [-0.1, -0.05) is 0 Å². The van der Waals surface area contributed by atoms with Gasteiger partial charge in [-0.3, -0.25) is 14.5 Å². The molecule has 0 aromatic heterocycles. The number of nitrogens with zero attached hydrogens (tertiary/aromatic N) is 2. The first-order valence-corrected chi connectivity index (χ1v) is 6.94. The van der Waals surface area contributed by atoms with Crippen molar-refractivity contribution in [1.82, 2.24) is 15.1 Å². The second-order valence-corrected chi connectivity index (χ2v) is 5.14. The quantitative estimate of drug-likeness (QED) is 0.881. The maximum atomic E-state index is 12.4. The van der Waals surface area contributed by atoms with Crippen molar-refractivity contribution >= 4 is 17.8 Å². The van der Waals surface area contributed by atoms with Gasteiger partial charge in [-0.2, -0.15) is 0 Å². The van der Waals surface area contributed by atoms with Gasteiger partial charge in [0.2, 0.25) is 5.91 Å². The number of rotatable bonds is 4. The van der Waals surface area contributed by atoms with Crippen LogP contribution in [-0.2, 0) is 4.79 Å².